The minimum Gasteiger partial charge on any atom is -0.495 e. The molecule has 0 radical (unpaired) electrons. The second-order valence-electron chi connectivity index (χ2n) is 9.83. The summed E-state index contributed by atoms with van der Waals surface area (Å²) in [6.45, 7) is 4.27. The molecular formula is C30H35ClFN3O7S. The maximum Gasteiger partial charge on any atom is 0.265 e. The van der Waals surface area contributed by atoms with Gasteiger partial charge in [-0.05, 0) is 68.8 Å². The number of benzene rings is 3. The first kappa shape index (κ1) is 33.5. The van der Waals surface area contributed by atoms with E-state index in [1.807, 2.05) is 0 Å². The predicted octanol–water partition coefficient (Wildman–Crippen LogP) is 4.64. The van der Waals surface area contributed by atoms with Gasteiger partial charge in [0, 0.05) is 23.7 Å². The molecule has 0 aliphatic heterocycles. The number of carbonyl (C=O) groups is 2. The average Bonchev–Trinajstić information content (AvgIpc) is 2.98. The lowest BCUT2D eigenvalue weighted by atomic mass is 10.1. The topological polar surface area (TPSA) is 114 Å². The van der Waals surface area contributed by atoms with Crippen molar-refractivity contribution in [3.05, 3.63) is 77.1 Å². The molecule has 3 rings (SSSR count). The molecule has 1 atom stereocenters. The third kappa shape index (κ3) is 8.08. The number of sulfonamides is 1. The van der Waals surface area contributed by atoms with Gasteiger partial charge in [0.15, 0.2) is 11.5 Å². The molecule has 1 N–H and O–H groups in total. The van der Waals surface area contributed by atoms with Crippen molar-refractivity contribution in [2.24, 2.45) is 0 Å². The Balaban J connectivity index is 2.14. The number of halogens is 2. The van der Waals surface area contributed by atoms with Crippen LogP contribution in [0.3, 0.4) is 0 Å². The zero-order valence-corrected chi connectivity index (χ0v) is 26.3. The molecule has 2 amide bonds. The lowest BCUT2D eigenvalue weighted by molar-refractivity contribution is -0.139. The molecule has 43 heavy (non-hydrogen) atoms. The molecule has 0 aliphatic rings. The van der Waals surface area contributed by atoms with E-state index in [9.17, 15) is 22.4 Å². The van der Waals surface area contributed by atoms with Crippen LogP contribution >= 0.6 is 11.6 Å². The van der Waals surface area contributed by atoms with Crippen molar-refractivity contribution >= 4 is 39.1 Å². The van der Waals surface area contributed by atoms with Gasteiger partial charge in [0.1, 0.15) is 24.2 Å². The molecule has 10 nitrogen and oxygen atoms in total. The molecule has 232 valence electrons. The molecule has 0 aromatic heterocycles. The monoisotopic (exact) mass is 635 g/mol. The van der Waals surface area contributed by atoms with E-state index in [0.29, 0.717) is 11.3 Å². The number of amides is 2. The van der Waals surface area contributed by atoms with Crippen molar-refractivity contribution in [3.8, 4) is 17.2 Å². The first-order chi connectivity index (χ1) is 20.3. The number of nitrogens with zero attached hydrogens (tertiary/aromatic N) is 2. The van der Waals surface area contributed by atoms with Crippen LogP contribution in [-0.4, -0.2) is 65.1 Å². The van der Waals surface area contributed by atoms with Gasteiger partial charge in [-0.15, -0.1) is 0 Å². The van der Waals surface area contributed by atoms with E-state index < -0.39 is 40.2 Å². The third-order valence-electron chi connectivity index (χ3n) is 6.50. The summed E-state index contributed by atoms with van der Waals surface area (Å²) in [6, 6.07) is 12.6. The van der Waals surface area contributed by atoms with E-state index in [1.54, 1.807) is 13.8 Å². The standard InChI is InChI=1S/C30H35ClFN3O7S/c1-19(2)33-30(37)20(3)34(17-21-7-10-23(32)11-8-21)29(36)18-35(25-15-22(31)9-13-26(25)40-4)43(38,39)24-12-14-27(41-5)28(16-24)42-6/h7-16,19-20H,17-18H2,1-6H3,(H,33,37)/t20-/m0/s1. The number of hydrogen-bond donors (Lipinski definition) is 1. The Morgan fingerprint density at radius 1 is 0.884 bits per heavy atom. The molecule has 0 unspecified atom stereocenters. The van der Waals surface area contributed by atoms with Crippen LogP contribution in [-0.2, 0) is 26.2 Å². The van der Waals surface area contributed by atoms with Crippen molar-refractivity contribution in [1.29, 1.82) is 0 Å². The van der Waals surface area contributed by atoms with E-state index in [0.717, 1.165) is 4.31 Å². The molecule has 0 aliphatic carbocycles. The lowest BCUT2D eigenvalue weighted by Crippen LogP contribution is -2.52. The second kappa shape index (κ2) is 14.4. The molecule has 3 aromatic rings. The summed E-state index contributed by atoms with van der Waals surface area (Å²) in [5.41, 5.74) is 0.535. The van der Waals surface area contributed by atoms with E-state index in [4.69, 9.17) is 25.8 Å². The van der Waals surface area contributed by atoms with E-state index >= 15 is 0 Å². The van der Waals surface area contributed by atoms with E-state index in [-0.39, 0.29) is 39.7 Å². The van der Waals surface area contributed by atoms with Crippen LogP contribution in [0.4, 0.5) is 10.1 Å². The van der Waals surface area contributed by atoms with E-state index in [2.05, 4.69) is 5.32 Å². The van der Waals surface area contributed by atoms with Gasteiger partial charge in [0.2, 0.25) is 11.8 Å². The Morgan fingerprint density at radius 2 is 1.49 bits per heavy atom. The zero-order chi connectivity index (χ0) is 31.9. The van der Waals surface area contributed by atoms with Gasteiger partial charge in [0.05, 0.1) is 31.9 Å². The van der Waals surface area contributed by atoms with Crippen LogP contribution in [0, 0.1) is 5.82 Å². The number of hydrogen-bond acceptors (Lipinski definition) is 7. The van der Waals surface area contributed by atoms with Gasteiger partial charge in [-0.2, -0.15) is 0 Å². The van der Waals surface area contributed by atoms with Crippen molar-refractivity contribution in [2.45, 2.75) is 44.3 Å². The molecule has 0 saturated carbocycles. The molecule has 0 saturated heterocycles. The summed E-state index contributed by atoms with van der Waals surface area (Å²) >= 11 is 6.27. The smallest absolute Gasteiger partial charge is 0.265 e. The van der Waals surface area contributed by atoms with Crippen molar-refractivity contribution in [2.75, 3.05) is 32.2 Å². The number of ether oxygens (including phenoxy) is 3. The minimum atomic E-state index is -4.47. The number of methoxy groups -OCH3 is 3. The quantitative estimate of drug-likeness (QED) is 0.291. The van der Waals surface area contributed by atoms with Gasteiger partial charge in [0.25, 0.3) is 10.0 Å². The summed E-state index contributed by atoms with van der Waals surface area (Å²) in [5, 5.41) is 2.97. The Kier molecular flexibility index (Phi) is 11.2. The zero-order valence-electron chi connectivity index (χ0n) is 24.8. The third-order valence-corrected chi connectivity index (χ3v) is 8.49. The first-order valence-corrected chi connectivity index (χ1v) is 15.1. The summed E-state index contributed by atoms with van der Waals surface area (Å²) in [4.78, 5) is 28.1. The van der Waals surface area contributed by atoms with Crippen molar-refractivity contribution in [1.82, 2.24) is 10.2 Å². The lowest BCUT2D eigenvalue weighted by Gasteiger charge is -2.32. The molecule has 0 spiro atoms. The van der Waals surface area contributed by atoms with Crippen LogP contribution in [0.25, 0.3) is 0 Å². The number of anilines is 1. The number of rotatable bonds is 13. The summed E-state index contributed by atoms with van der Waals surface area (Å²) < 4.78 is 58.9. The van der Waals surface area contributed by atoms with Gasteiger partial charge in [-0.1, -0.05) is 23.7 Å². The van der Waals surface area contributed by atoms with Gasteiger partial charge < -0.3 is 24.4 Å². The SMILES string of the molecule is COc1ccc(S(=O)(=O)N(CC(=O)N(Cc2ccc(F)cc2)[C@@H](C)C(=O)NC(C)C)c2cc(Cl)ccc2OC)cc1OC. The molecule has 0 bridgehead atoms. The Bertz CT molecular complexity index is 1550. The van der Waals surface area contributed by atoms with Crippen LogP contribution in [0.5, 0.6) is 17.2 Å². The fourth-order valence-electron chi connectivity index (χ4n) is 4.25. The van der Waals surface area contributed by atoms with Crippen molar-refractivity contribution in [3.63, 3.8) is 0 Å². The largest absolute Gasteiger partial charge is 0.495 e. The van der Waals surface area contributed by atoms with Crippen LogP contribution in [0.15, 0.2) is 65.6 Å². The summed E-state index contributed by atoms with van der Waals surface area (Å²) in [7, 11) is -0.331. The highest BCUT2D eigenvalue weighted by Crippen LogP contribution is 2.37. The molecular weight excluding hydrogens is 601 g/mol. The maximum absolute atomic E-state index is 14.2. The first-order valence-electron chi connectivity index (χ1n) is 13.2. The normalized spacial score (nSPS) is 11.9. The summed E-state index contributed by atoms with van der Waals surface area (Å²) in [5.74, 6) is -1.02. The van der Waals surface area contributed by atoms with Gasteiger partial charge in [-0.3, -0.25) is 13.9 Å². The number of nitrogens with one attached hydrogen (secondary N) is 1. The van der Waals surface area contributed by atoms with Crippen molar-refractivity contribution < 1.29 is 36.6 Å². The average molecular weight is 636 g/mol. The van der Waals surface area contributed by atoms with Crippen LogP contribution < -0.4 is 23.8 Å². The molecule has 0 heterocycles. The predicted molar refractivity (Wildman–Crippen MR) is 162 cm³/mol. The second-order valence-corrected chi connectivity index (χ2v) is 12.1. The minimum absolute atomic E-state index is 0.000785. The highest BCUT2D eigenvalue weighted by Gasteiger charge is 2.34. The maximum atomic E-state index is 14.2. The highest BCUT2D eigenvalue weighted by molar-refractivity contribution is 7.92. The fraction of sp³-hybridized carbons (Fsp3) is 0.333. The number of carbonyl (C=O) groups excluding carboxylic acids is 2. The Morgan fingerprint density at radius 3 is 2.07 bits per heavy atom. The van der Waals surface area contributed by atoms with Gasteiger partial charge in [-0.25, -0.2) is 12.8 Å². The Labute approximate surface area is 256 Å². The van der Waals surface area contributed by atoms with E-state index in [1.165, 1.54) is 93.8 Å². The molecule has 0 fully saturated rings. The molecule has 3 aromatic carbocycles. The fourth-order valence-corrected chi connectivity index (χ4v) is 5.85. The molecule has 13 heteroatoms. The van der Waals surface area contributed by atoms with Crippen LogP contribution in [0.2, 0.25) is 5.02 Å². The summed E-state index contributed by atoms with van der Waals surface area (Å²) in [6.07, 6.45) is 0. The highest BCUT2D eigenvalue weighted by atomic mass is 35.5. The Hall–Kier alpha value is -4.03. The van der Waals surface area contributed by atoms with Gasteiger partial charge >= 0.3 is 0 Å². The van der Waals surface area contributed by atoms with Crippen LogP contribution in [0.1, 0.15) is 26.3 Å².